The molecule has 0 bridgehead atoms. The maximum absolute atomic E-state index is 6.28. The van der Waals surface area contributed by atoms with E-state index < -0.39 is 0 Å². The van der Waals surface area contributed by atoms with E-state index >= 15 is 0 Å². The number of anilines is 1. The van der Waals surface area contributed by atoms with Gasteiger partial charge in [0.25, 0.3) is 0 Å². The molecule has 0 unspecified atom stereocenters. The first-order valence-corrected chi connectivity index (χ1v) is 6.57. The highest BCUT2D eigenvalue weighted by Crippen LogP contribution is 2.22. The molecule has 1 N–H and O–H groups in total. The number of aromatic nitrogens is 2. The maximum atomic E-state index is 6.28. The fraction of sp³-hybridized carbons (Fsp3) is 0.308. The molecule has 18 heavy (non-hydrogen) atoms. The molecule has 0 aliphatic carbocycles. The van der Waals surface area contributed by atoms with E-state index in [1.807, 2.05) is 42.9 Å². The first-order chi connectivity index (χ1) is 8.61. The molecule has 2 rings (SSSR count). The van der Waals surface area contributed by atoms with Crippen LogP contribution in [-0.4, -0.2) is 9.78 Å². The van der Waals surface area contributed by atoms with Crippen molar-refractivity contribution >= 4 is 28.9 Å². The first-order valence-electron chi connectivity index (χ1n) is 5.81. The molecule has 2 aromatic rings. The summed E-state index contributed by atoms with van der Waals surface area (Å²) in [5.74, 6) is 0. The van der Waals surface area contributed by atoms with E-state index in [-0.39, 0.29) is 0 Å². The third kappa shape index (κ3) is 2.79. The van der Waals surface area contributed by atoms with E-state index in [0.717, 1.165) is 33.5 Å². The van der Waals surface area contributed by atoms with Gasteiger partial charge in [0, 0.05) is 17.8 Å². The molecule has 5 heteroatoms. The van der Waals surface area contributed by atoms with Crippen LogP contribution in [0.1, 0.15) is 18.3 Å². The Kier molecular flexibility index (Phi) is 4.15. The van der Waals surface area contributed by atoms with Gasteiger partial charge < -0.3 is 5.32 Å². The van der Waals surface area contributed by atoms with Gasteiger partial charge in [0.2, 0.25) is 0 Å². The van der Waals surface area contributed by atoms with Gasteiger partial charge in [-0.25, -0.2) is 0 Å². The predicted molar refractivity (Wildman–Crippen MR) is 76.4 cm³/mol. The van der Waals surface area contributed by atoms with E-state index in [9.17, 15) is 0 Å². The average molecular weight is 284 g/mol. The van der Waals surface area contributed by atoms with Gasteiger partial charge in [-0.2, -0.15) is 5.10 Å². The number of nitrogens with zero attached hydrogens (tertiary/aromatic N) is 2. The smallest absolute Gasteiger partial charge is 0.0868 e. The predicted octanol–water partition coefficient (Wildman–Crippen LogP) is 3.90. The Hall–Kier alpha value is -1.19. The lowest BCUT2D eigenvalue weighted by Crippen LogP contribution is -2.05. The molecule has 1 aromatic carbocycles. The lowest BCUT2D eigenvalue weighted by molar-refractivity contribution is 0.707. The highest BCUT2D eigenvalue weighted by Gasteiger charge is 2.12. The Morgan fingerprint density at radius 3 is 2.44 bits per heavy atom. The Labute approximate surface area is 117 Å². The van der Waals surface area contributed by atoms with Crippen molar-refractivity contribution in [3.05, 3.63) is 45.7 Å². The molecule has 0 amide bonds. The molecule has 3 nitrogen and oxygen atoms in total. The molecule has 1 heterocycles. The third-order valence-corrected chi connectivity index (χ3v) is 3.50. The largest absolute Gasteiger partial charge is 0.379 e. The quantitative estimate of drug-likeness (QED) is 0.922. The van der Waals surface area contributed by atoms with Crippen molar-refractivity contribution < 1.29 is 0 Å². The Morgan fingerprint density at radius 2 is 1.89 bits per heavy atom. The van der Waals surface area contributed by atoms with Crippen LogP contribution in [0.15, 0.2) is 24.3 Å². The van der Waals surface area contributed by atoms with Crippen LogP contribution in [0.4, 0.5) is 5.69 Å². The summed E-state index contributed by atoms with van der Waals surface area (Å²) in [6.45, 7) is 2.69. The second kappa shape index (κ2) is 5.63. The molecule has 0 radical (unpaired) electrons. The standard InChI is InChI=1S/C13H15Cl2N3/c1-3-11-13(15)12(18(2)17-11)8-16-10-6-4-9(14)5-7-10/h4-7,16H,3,8H2,1-2H3. The monoisotopic (exact) mass is 283 g/mol. The second-order valence-corrected chi connectivity index (χ2v) is 4.86. The molecular formula is C13H15Cl2N3. The van der Waals surface area contributed by atoms with Gasteiger partial charge in [-0.15, -0.1) is 0 Å². The Morgan fingerprint density at radius 1 is 1.22 bits per heavy atom. The van der Waals surface area contributed by atoms with E-state index in [1.165, 1.54) is 0 Å². The minimum absolute atomic E-state index is 0.643. The summed E-state index contributed by atoms with van der Waals surface area (Å²) < 4.78 is 1.82. The normalized spacial score (nSPS) is 10.7. The van der Waals surface area contributed by atoms with Crippen LogP contribution in [0.3, 0.4) is 0 Å². The maximum Gasteiger partial charge on any atom is 0.0868 e. The van der Waals surface area contributed by atoms with Crippen LogP contribution >= 0.6 is 23.2 Å². The molecule has 0 atom stereocenters. The minimum Gasteiger partial charge on any atom is -0.379 e. The number of benzene rings is 1. The van der Waals surface area contributed by atoms with Crippen molar-refractivity contribution in [3.8, 4) is 0 Å². The van der Waals surface area contributed by atoms with Gasteiger partial charge in [0.15, 0.2) is 0 Å². The molecule has 0 aliphatic rings. The van der Waals surface area contributed by atoms with E-state index in [4.69, 9.17) is 23.2 Å². The summed E-state index contributed by atoms with van der Waals surface area (Å²) in [6.07, 6.45) is 0.841. The zero-order valence-electron chi connectivity index (χ0n) is 10.4. The summed E-state index contributed by atoms with van der Waals surface area (Å²) in [5, 5.41) is 9.16. The van der Waals surface area contributed by atoms with Gasteiger partial charge in [-0.3, -0.25) is 4.68 Å². The minimum atomic E-state index is 0.643. The van der Waals surface area contributed by atoms with Crippen molar-refractivity contribution in [3.63, 3.8) is 0 Å². The zero-order valence-corrected chi connectivity index (χ0v) is 11.9. The van der Waals surface area contributed by atoms with Gasteiger partial charge in [0.1, 0.15) is 0 Å². The van der Waals surface area contributed by atoms with Crippen LogP contribution in [0.2, 0.25) is 10.0 Å². The number of hydrogen-bond donors (Lipinski definition) is 1. The number of halogens is 2. The SMILES string of the molecule is CCc1nn(C)c(CNc2ccc(Cl)cc2)c1Cl. The van der Waals surface area contributed by atoms with Crippen LogP contribution in [0, 0.1) is 0 Å². The van der Waals surface area contributed by atoms with Crippen molar-refractivity contribution in [2.24, 2.45) is 7.05 Å². The van der Waals surface area contributed by atoms with Crippen LogP contribution in [-0.2, 0) is 20.0 Å². The number of nitrogens with one attached hydrogen (secondary N) is 1. The van der Waals surface area contributed by atoms with Crippen LogP contribution in [0.5, 0.6) is 0 Å². The molecule has 0 fully saturated rings. The molecule has 0 spiro atoms. The third-order valence-electron chi connectivity index (χ3n) is 2.81. The van der Waals surface area contributed by atoms with Crippen molar-refractivity contribution in [2.75, 3.05) is 5.32 Å². The second-order valence-electron chi connectivity index (χ2n) is 4.04. The molecule has 0 aliphatic heterocycles. The average Bonchev–Trinajstić information content (AvgIpc) is 2.64. The summed E-state index contributed by atoms with van der Waals surface area (Å²) in [7, 11) is 1.91. The summed E-state index contributed by atoms with van der Waals surface area (Å²) in [4.78, 5) is 0. The number of rotatable bonds is 4. The number of aryl methyl sites for hydroxylation is 2. The van der Waals surface area contributed by atoms with E-state index in [1.54, 1.807) is 0 Å². The Bertz CT molecular complexity index is 532. The van der Waals surface area contributed by atoms with Crippen molar-refractivity contribution in [1.82, 2.24) is 9.78 Å². The summed E-state index contributed by atoms with van der Waals surface area (Å²) in [5.41, 5.74) is 2.94. The van der Waals surface area contributed by atoms with E-state index in [2.05, 4.69) is 10.4 Å². The van der Waals surface area contributed by atoms with Gasteiger partial charge in [-0.05, 0) is 30.7 Å². The van der Waals surface area contributed by atoms with Gasteiger partial charge >= 0.3 is 0 Å². The summed E-state index contributed by atoms with van der Waals surface area (Å²) in [6, 6.07) is 7.58. The van der Waals surface area contributed by atoms with Crippen LogP contribution < -0.4 is 5.32 Å². The first kappa shape index (κ1) is 13.2. The fourth-order valence-electron chi connectivity index (χ4n) is 1.77. The van der Waals surface area contributed by atoms with Crippen molar-refractivity contribution in [2.45, 2.75) is 19.9 Å². The molecule has 0 saturated heterocycles. The van der Waals surface area contributed by atoms with E-state index in [0.29, 0.717) is 6.54 Å². The highest BCUT2D eigenvalue weighted by atomic mass is 35.5. The molecule has 1 aromatic heterocycles. The topological polar surface area (TPSA) is 29.9 Å². The molecule has 96 valence electrons. The Balaban J connectivity index is 2.10. The molecular weight excluding hydrogens is 269 g/mol. The fourth-order valence-corrected chi connectivity index (χ4v) is 2.25. The van der Waals surface area contributed by atoms with Crippen LogP contribution in [0.25, 0.3) is 0 Å². The summed E-state index contributed by atoms with van der Waals surface area (Å²) >= 11 is 12.1. The molecule has 0 saturated carbocycles. The lowest BCUT2D eigenvalue weighted by atomic mass is 10.3. The number of hydrogen-bond acceptors (Lipinski definition) is 2. The zero-order chi connectivity index (χ0) is 13.1. The highest BCUT2D eigenvalue weighted by molar-refractivity contribution is 6.32. The van der Waals surface area contributed by atoms with Gasteiger partial charge in [-0.1, -0.05) is 30.1 Å². The van der Waals surface area contributed by atoms with Gasteiger partial charge in [0.05, 0.1) is 23.0 Å². The lowest BCUT2D eigenvalue weighted by Gasteiger charge is -2.07. The van der Waals surface area contributed by atoms with Crippen molar-refractivity contribution in [1.29, 1.82) is 0 Å².